The van der Waals surface area contributed by atoms with Crippen LogP contribution in [0.4, 0.5) is 0 Å². The van der Waals surface area contributed by atoms with Crippen molar-refractivity contribution in [3.05, 3.63) is 12.2 Å². The molecule has 134 valence electrons. The van der Waals surface area contributed by atoms with E-state index < -0.39 is 17.8 Å². The number of carbonyl (C=O) groups excluding carboxylic acids is 5. The van der Waals surface area contributed by atoms with Gasteiger partial charge in [0.1, 0.15) is 0 Å². The first-order valence-corrected chi connectivity index (χ1v) is 8.48. The molecule has 8 heteroatoms. The van der Waals surface area contributed by atoms with Crippen molar-refractivity contribution in [2.75, 3.05) is 6.54 Å². The molecular weight excluding hydrogens is 328 g/mol. The van der Waals surface area contributed by atoms with Gasteiger partial charge in [-0.25, -0.2) is 4.79 Å². The van der Waals surface area contributed by atoms with Crippen LogP contribution in [0.5, 0.6) is 0 Å². The van der Waals surface area contributed by atoms with Gasteiger partial charge in [0, 0.05) is 31.7 Å². The van der Waals surface area contributed by atoms with Gasteiger partial charge in [-0.3, -0.25) is 24.1 Å². The summed E-state index contributed by atoms with van der Waals surface area (Å²) < 4.78 is 0. The Morgan fingerprint density at radius 1 is 1.12 bits per heavy atom. The third-order valence-electron chi connectivity index (χ3n) is 4.96. The molecule has 2 aliphatic heterocycles. The minimum atomic E-state index is -0.729. The van der Waals surface area contributed by atoms with Crippen LogP contribution in [0.3, 0.4) is 0 Å². The van der Waals surface area contributed by atoms with Gasteiger partial charge in [0.15, 0.2) is 0 Å². The van der Waals surface area contributed by atoms with E-state index in [4.69, 9.17) is 4.84 Å². The summed E-state index contributed by atoms with van der Waals surface area (Å²) in [4.78, 5) is 65.5. The second-order valence-corrected chi connectivity index (χ2v) is 6.66. The first-order chi connectivity index (χ1) is 11.9. The minimum Gasteiger partial charge on any atom is -0.330 e. The molecule has 4 amide bonds. The summed E-state index contributed by atoms with van der Waals surface area (Å²) in [5, 5.41) is 0.496. The van der Waals surface area contributed by atoms with E-state index in [1.165, 1.54) is 4.90 Å². The first kappa shape index (κ1) is 17.3. The number of fused-ring (bicyclic) bond motifs is 2. The van der Waals surface area contributed by atoms with Gasteiger partial charge in [-0.1, -0.05) is 19.1 Å². The van der Waals surface area contributed by atoms with Gasteiger partial charge in [-0.2, -0.15) is 0 Å². The summed E-state index contributed by atoms with van der Waals surface area (Å²) in [6.45, 7) is 1.93. The number of hydrogen-bond donors (Lipinski definition) is 0. The number of rotatable bonds is 5. The fraction of sp³-hybridized carbons (Fsp3) is 0.588. The Labute approximate surface area is 144 Å². The van der Waals surface area contributed by atoms with Gasteiger partial charge in [-0.05, 0) is 18.8 Å². The lowest BCUT2D eigenvalue weighted by Crippen LogP contribution is -2.42. The Hall–Kier alpha value is -2.51. The molecule has 3 rings (SSSR count). The Balaban J connectivity index is 1.52. The Morgan fingerprint density at radius 3 is 2.48 bits per heavy atom. The maximum atomic E-state index is 12.4. The molecule has 0 aromatic carbocycles. The molecule has 1 aliphatic carbocycles. The highest BCUT2D eigenvalue weighted by Crippen LogP contribution is 2.35. The van der Waals surface area contributed by atoms with Crippen molar-refractivity contribution in [1.82, 2.24) is 9.96 Å². The van der Waals surface area contributed by atoms with E-state index in [0.29, 0.717) is 11.5 Å². The van der Waals surface area contributed by atoms with Crippen molar-refractivity contribution in [3.63, 3.8) is 0 Å². The van der Waals surface area contributed by atoms with Crippen LogP contribution < -0.4 is 0 Å². The summed E-state index contributed by atoms with van der Waals surface area (Å²) in [5.41, 5.74) is 0. The lowest BCUT2D eigenvalue weighted by atomic mass is 9.92. The number of amides is 4. The fourth-order valence-electron chi connectivity index (χ4n) is 3.43. The highest BCUT2D eigenvalue weighted by atomic mass is 16.7. The lowest BCUT2D eigenvalue weighted by molar-refractivity contribution is -0.197. The van der Waals surface area contributed by atoms with Crippen LogP contribution in [-0.4, -0.2) is 46.1 Å². The smallest absolute Gasteiger partial charge is 0.330 e. The Morgan fingerprint density at radius 2 is 1.80 bits per heavy atom. The van der Waals surface area contributed by atoms with Crippen molar-refractivity contribution in [3.8, 4) is 0 Å². The van der Waals surface area contributed by atoms with Crippen LogP contribution in [0.1, 0.15) is 39.0 Å². The van der Waals surface area contributed by atoms with Crippen molar-refractivity contribution in [1.29, 1.82) is 0 Å². The molecule has 8 nitrogen and oxygen atoms in total. The Kier molecular flexibility index (Phi) is 4.69. The molecule has 3 atom stereocenters. The second-order valence-electron chi connectivity index (χ2n) is 6.66. The molecule has 0 aromatic rings. The summed E-state index contributed by atoms with van der Waals surface area (Å²) >= 11 is 0. The molecule has 25 heavy (non-hydrogen) atoms. The van der Waals surface area contributed by atoms with Crippen LogP contribution in [0.15, 0.2) is 12.2 Å². The SMILES string of the molecule is C[C@H]1C(=O)N(CCCC(=O)ON2C(=O)CCC2=O)C(=O)C2C=CC1C2. The molecule has 0 spiro atoms. The summed E-state index contributed by atoms with van der Waals surface area (Å²) in [5.74, 6) is -2.70. The van der Waals surface area contributed by atoms with E-state index in [1.54, 1.807) is 0 Å². The largest absolute Gasteiger partial charge is 0.333 e. The molecule has 2 fully saturated rings. The lowest BCUT2D eigenvalue weighted by Gasteiger charge is -2.24. The van der Waals surface area contributed by atoms with E-state index in [9.17, 15) is 24.0 Å². The summed E-state index contributed by atoms with van der Waals surface area (Å²) in [6.07, 6.45) is 4.65. The highest BCUT2D eigenvalue weighted by Gasteiger charge is 2.41. The predicted octanol–water partition coefficient (Wildman–Crippen LogP) is 0.571. The van der Waals surface area contributed by atoms with E-state index in [-0.39, 0.29) is 61.8 Å². The standard InChI is InChI=1S/C17H20N2O6/c1-10-11-4-5-12(9-11)17(24)18(16(10)23)8-2-3-15(22)25-19-13(20)6-7-14(19)21/h4-5,10-12H,2-3,6-9H2,1H3/t10-,11?,12?/m1/s1. The van der Waals surface area contributed by atoms with Gasteiger partial charge in [0.25, 0.3) is 11.8 Å². The van der Waals surface area contributed by atoms with Crippen molar-refractivity contribution in [2.24, 2.45) is 17.8 Å². The summed E-state index contributed by atoms with van der Waals surface area (Å²) in [7, 11) is 0. The molecule has 0 saturated carbocycles. The van der Waals surface area contributed by atoms with Gasteiger partial charge in [-0.15, -0.1) is 5.06 Å². The fourth-order valence-corrected chi connectivity index (χ4v) is 3.43. The quantitative estimate of drug-likeness (QED) is 0.532. The zero-order chi connectivity index (χ0) is 18.1. The molecule has 3 aliphatic rings. The molecule has 2 heterocycles. The minimum absolute atomic E-state index is 0.0385. The van der Waals surface area contributed by atoms with Crippen LogP contribution in [0.2, 0.25) is 0 Å². The van der Waals surface area contributed by atoms with Crippen molar-refractivity contribution >= 4 is 29.6 Å². The van der Waals surface area contributed by atoms with Crippen LogP contribution in [0.25, 0.3) is 0 Å². The van der Waals surface area contributed by atoms with E-state index in [0.717, 1.165) is 0 Å². The maximum absolute atomic E-state index is 12.4. The molecule has 2 unspecified atom stereocenters. The number of hydroxylamine groups is 2. The number of allylic oxidation sites excluding steroid dienone is 1. The summed E-state index contributed by atoms with van der Waals surface area (Å²) in [6, 6.07) is 0. The number of imide groups is 2. The zero-order valence-corrected chi connectivity index (χ0v) is 14.0. The topological polar surface area (TPSA) is 101 Å². The average molecular weight is 348 g/mol. The number of carbonyl (C=O) groups is 5. The molecule has 0 radical (unpaired) electrons. The van der Waals surface area contributed by atoms with E-state index >= 15 is 0 Å². The normalized spacial score (nSPS) is 28.8. The number of nitrogens with zero attached hydrogens (tertiary/aromatic N) is 2. The number of hydrogen-bond acceptors (Lipinski definition) is 6. The molecule has 2 bridgehead atoms. The monoisotopic (exact) mass is 348 g/mol. The van der Waals surface area contributed by atoms with Crippen LogP contribution >= 0.6 is 0 Å². The van der Waals surface area contributed by atoms with Crippen molar-refractivity contribution in [2.45, 2.75) is 39.0 Å². The van der Waals surface area contributed by atoms with Gasteiger partial charge < -0.3 is 4.84 Å². The highest BCUT2D eigenvalue weighted by molar-refractivity contribution is 6.01. The molecular formula is C17H20N2O6. The third-order valence-corrected chi connectivity index (χ3v) is 4.96. The molecule has 0 aromatic heterocycles. The molecule has 2 saturated heterocycles. The van der Waals surface area contributed by atoms with E-state index in [1.807, 2.05) is 19.1 Å². The molecule has 0 N–H and O–H groups in total. The third kappa shape index (κ3) is 3.33. The van der Waals surface area contributed by atoms with Crippen LogP contribution in [0, 0.1) is 17.8 Å². The van der Waals surface area contributed by atoms with Gasteiger partial charge in [0.05, 0.1) is 5.92 Å². The second kappa shape index (κ2) is 6.78. The maximum Gasteiger partial charge on any atom is 0.333 e. The average Bonchev–Trinajstić information content (AvgIpc) is 3.17. The van der Waals surface area contributed by atoms with Gasteiger partial charge in [0.2, 0.25) is 11.8 Å². The Bertz CT molecular complexity index is 654. The first-order valence-electron chi connectivity index (χ1n) is 8.48. The zero-order valence-electron chi connectivity index (χ0n) is 14.0. The van der Waals surface area contributed by atoms with Gasteiger partial charge >= 0.3 is 5.97 Å². The van der Waals surface area contributed by atoms with Crippen LogP contribution in [-0.2, 0) is 28.8 Å². The number of likely N-dealkylation sites (tertiary alicyclic amines) is 1. The predicted molar refractivity (Wildman–Crippen MR) is 83.0 cm³/mol. The van der Waals surface area contributed by atoms with Crippen molar-refractivity contribution < 1.29 is 28.8 Å². The van der Waals surface area contributed by atoms with E-state index in [2.05, 4.69) is 0 Å².